The van der Waals surface area contributed by atoms with Crippen LogP contribution in [0.15, 0.2) is 53.1 Å². The molecule has 0 aromatic carbocycles. The van der Waals surface area contributed by atoms with Gasteiger partial charge in [-0.3, -0.25) is 4.99 Å². The summed E-state index contributed by atoms with van der Waals surface area (Å²) in [6, 6.07) is 0. The van der Waals surface area contributed by atoms with Crippen LogP contribution in [0, 0.1) is 5.92 Å². The quantitative estimate of drug-likeness (QED) is 0.443. The first-order valence-electron chi connectivity index (χ1n) is 6.22. The van der Waals surface area contributed by atoms with E-state index in [1.165, 1.54) is 12.0 Å². The molecule has 0 aliphatic heterocycles. The molecule has 1 heteroatoms. The summed E-state index contributed by atoms with van der Waals surface area (Å²) in [5.74, 6) is 0.750. The number of nitrogens with zero attached hydrogens (tertiary/aromatic N) is 1. The van der Waals surface area contributed by atoms with Crippen LogP contribution in [-0.4, -0.2) is 13.3 Å². The van der Waals surface area contributed by atoms with Gasteiger partial charge in [-0.25, -0.2) is 0 Å². The Labute approximate surface area is 106 Å². The molecule has 0 radical (unpaired) electrons. The van der Waals surface area contributed by atoms with E-state index in [1.54, 1.807) is 13.3 Å². The van der Waals surface area contributed by atoms with Crippen molar-refractivity contribution in [3.63, 3.8) is 0 Å². The van der Waals surface area contributed by atoms with E-state index >= 15 is 0 Å². The maximum atomic E-state index is 3.89. The molecule has 1 atom stereocenters. The van der Waals surface area contributed by atoms with Crippen LogP contribution in [0.1, 0.15) is 33.6 Å². The zero-order chi connectivity index (χ0) is 13.1. The first-order valence-corrected chi connectivity index (χ1v) is 6.22. The van der Waals surface area contributed by atoms with Gasteiger partial charge in [-0.1, -0.05) is 56.7 Å². The summed E-state index contributed by atoms with van der Waals surface area (Å²) in [6.07, 6.45) is 14.2. The lowest BCUT2D eigenvalue weighted by Crippen LogP contribution is -1.92. The van der Waals surface area contributed by atoms with Gasteiger partial charge in [0.05, 0.1) is 0 Å². The zero-order valence-electron chi connectivity index (χ0n) is 11.6. The Bertz CT molecular complexity index is 329. The molecule has 0 aromatic heterocycles. The van der Waals surface area contributed by atoms with Crippen molar-refractivity contribution >= 4 is 6.21 Å². The monoisotopic (exact) mass is 231 g/mol. The van der Waals surface area contributed by atoms with E-state index in [0.29, 0.717) is 0 Å². The van der Waals surface area contributed by atoms with E-state index in [9.17, 15) is 0 Å². The van der Waals surface area contributed by atoms with Crippen LogP contribution in [-0.2, 0) is 0 Å². The predicted octanol–water partition coefficient (Wildman–Crippen LogP) is 4.74. The molecular weight excluding hydrogens is 206 g/mol. The highest BCUT2D eigenvalue weighted by Crippen LogP contribution is 2.15. The minimum absolute atomic E-state index is 0.750. The fourth-order valence-corrected chi connectivity index (χ4v) is 1.51. The van der Waals surface area contributed by atoms with Crippen molar-refractivity contribution in [2.75, 3.05) is 7.05 Å². The second-order valence-corrected chi connectivity index (χ2v) is 4.37. The molecule has 0 amide bonds. The smallest absolute Gasteiger partial charge is 0.0277 e. The summed E-state index contributed by atoms with van der Waals surface area (Å²) in [7, 11) is 1.76. The highest BCUT2D eigenvalue weighted by atomic mass is 14.6. The first kappa shape index (κ1) is 15.6. The number of rotatable bonds is 7. The molecule has 0 fully saturated rings. The van der Waals surface area contributed by atoms with E-state index < -0.39 is 0 Å². The van der Waals surface area contributed by atoms with Gasteiger partial charge in [0, 0.05) is 13.3 Å². The maximum Gasteiger partial charge on any atom is 0.0277 e. The van der Waals surface area contributed by atoms with E-state index in [-0.39, 0.29) is 0 Å². The normalized spacial score (nSPS) is 15.8. The Balaban J connectivity index is 4.56. The number of aliphatic imine (C=N–C) groups is 1. The van der Waals surface area contributed by atoms with Gasteiger partial charge in [0.2, 0.25) is 0 Å². The molecule has 0 spiro atoms. The molecule has 0 aliphatic carbocycles. The van der Waals surface area contributed by atoms with Crippen molar-refractivity contribution < 1.29 is 0 Å². The number of allylic oxidation sites excluding steroid dienone is 7. The lowest BCUT2D eigenvalue weighted by atomic mass is 9.98. The van der Waals surface area contributed by atoms with Crippen LogP contribution in [0.2, 0.25) is 0 Å². The number of hydrogen-bond donors (Lipinski definition) is 0. The summed E-state index contributed by atoms with van der Waals surface area (Å²) >= 11 is 0. The third kappa shape index (κ3) is 8.44. The molecule has 0 bridgehead atoms. The van der Waals surface area contributed by atoms with Gasteiger partial charge in [0.1, 0.15) is 0 Å². The first-order chi connectivity index (χ1) is 8.13. The third-order valence-corrected chi connectivity index (χ3v) is 2.65. The van der Waals surface area contributed by atoms with Crippen molar-refractivity contribution in [1.29, 1.82) is 0 Å². The van der Waals surface area contributed by atoms with Gasteiger partial charge < -0.3 is 0 Å². The second-order valence-electron chi connectivity index (χ2n) is 4.37. The molecular formula is C16H25N. The molecule has 1 nitrogen and oxygen atoms in total. The summed E-state index contributed by atoms with van der Waals surface area (Å²) in [5, 5.41) is 0. The Morgan fingerprint density at radius 2 is 2.06 bits per heavy atom. The van der Waals surface area contributed by atoms with Gasteiger partial charge >= 0.3 is 0 Å². The van der Waals surface area contributed by atoms with Crippen molar-refractivity contribution in [3.05, 3.63) is 48.1 Å². The fourth-order valence-electron chi connectivity index (χ4n) is 1.51. The van der Waals surface area contributed by atoms with E-state index in [1.807, 2.05) is 18.2 Å². The molecule has 1 unspecified atom stereocenters. The van der Waals surface area contributed by atoms with Crippen LogP contribution in [0.4, 0.5) is 0 Å². The summed E-state index contributed by atoms with van der Waals surface area (Å²) in [6.45, 7) is 10.5. The lowest BCUT2D eigenvalue weighted by Gasteiger charge is -2.08. The van der Waals surface area contributed by atoms with Gasteiger partial charge in [0.15, 0.2) is 0 Å². The minimum atomic E-state index is 0.750. The fraction of sp³-hybridized carbons (Fsp3) is 0.438. The summed E-state index contributed by atoms with van der Waals surface area (Å²) < 4.78 is 0. The average Bonchev–Trinajstić information content (AvgIpc) is 2.32. The molecule has 94 valence electrons. The minimum Gasteiger partial charge on any atom is -0.297 e. The van der Waals surface area contributed by atoms with E-state index in [4.69, 9.17) is 0 Å². The van der Waals surface area contributed by atoms with Crippen LogP contribution in [0.5, 0.6) is 0 Å². The Morgan fingerprint density at radius 3 is 2.59 bits per heavy atom. The van der Waals surface area contributed by atoms with Crippen molar-refractivity contribution in [2.45, 2.75) is 33.6 Å². The Morgan fingerprint density at radius 1 is 1.35 bits per heavy atom. The van der Waals surface area contributed by atoms with Crippen molar-refractivity contribution in [2.24, 2.45) is 10.9 Å². The van der Waals surface area contributed by atoms with Crippen LogP contribution in [0.25, 0.3) is 0 Å². The SMILES string of the molecule is C=CC(=C/C=C/C=NC)/C=C(\C)CC(C)CC. The lowest BCUT2D eigenvalue weighted by molar-refractivity contribution is 0.557. The summed E-state index contributed by atoms with van der Waals surface area (Å²) in [5.41, 5.74) is 2.55. The van der Waals surface area contributed by atoms with Crippen LogP contribution >= 0.6 is 0 Å². The molecule has 0 saturated heterocycles. The Kier molecular flexibility index (Phi) is 9.04. The molecule has 0 heterocycles. The third-order valence-electron chi connectivity index (χ3n) is 2.65. The highest BCUT2D eigenvalue weighted by molar-refractivity contribution is 5.71. The van der Waals surface area contributed by atoms with Crippen molar-refractivity contribution in [1.82, 2.24) is 0 Å². The van der Waals surface area contributed by atoms with Gasteiger partial charge in [-0.15, -0.1) is 0 Å². The van der Waals surface area contributed by atoms with Gasteiger partial charge in [-0.05, 0) is 30.9 Å². The molecule has 0 aliphatic rings. The topological polar surface area (TPSA) is 12.4 Å². The van der Waals surface area contributed by atoms with Crippen LogP contribution < -0.4 is 0 Å². The highest BCUT2D eigenvalue weighted by Gasteiger charge is 1.99. The second kappa shape index (κ2) is 9.83. The van der Waals surface area contributed by atoms with E-state index in [2.05, 4.69) is 44.5 Å². The van der Waals surface area contributed by atoms with Gasteiger partial charge in [-0.2, -0.15) is 0 Å². The predicted molar refractivity (Wildman–Crippen MR) is 79.7 cm³/mol. The maximum absolute atomic E-state index is 3.89. The molecule has 0 aromatic rings. The number of hydrogen-bond acceptors (Lipinski definition) is 1. The van der Waals surface area contributed by atoms with Crippen LogP contribution in [0.3, 0.4) is 0 Å². The largest absolute Gasteiger partial charge is 0.297 e. The standard InChI is InChI=1S/C16H25N/c1-6-14(3)12-15(4)13-16(7-2)10-8-9-11-17-5/h7-11,13-14H,2,6,12H2,1,3-5H3/b9-8+,15-13+,16-10-,17-11?. The molecule has 0 N–H and O–H groups in total. The molecule has 0 rings (SSSR count). The zero-order valence-corrected chi connectivity index (χ0v) is 11.6. The average molecular weight is 231 g/mol. The van der Waals surface area contributed by atoms with Crippen molar-refractivity contribution in [3.8, 4) is 0 Å². The molecule has 17 heavy (non-hydrogen) atoms. The summed E-state index contributed by atoms with van der Waals surface area (Å²) in [4.78, 5) is 3.89. The Hall–Kier alpha value is -1.37. The van der Waals surface area contributed by atoms with Gasteiger partial charge in [0.25, 0.3) is 0 Å². The van der Waals surface area contributed by atoms with E-state index in [0.717, 1.165) is 17.9 Å². The molecule has 0 saturated carbocycles.